The quantitative estimate of drug-likeness (QED) is 0.428. The summed E-state index contributed by atoms with van der Waals surface area (Å²) in [6, 6.07) is 22.7. The summed E-state index contributed by atoms with van der Waals surface area (Å²) in [4.78, 5) is 28.7. The van der Waals surface area contributed by atoms with E-state index < -0.39 is 5.97 Å². The van der Waals surface area contributed by atoms with Crippen LogP contribution in [-0.2, 0) is 14.3 Å². The molecule has 0 saturated carbocycles. The molecule has 0 atom stereocenters. The number of hydrogen-bond acceptors (Lipinski definition) is 5. The van der Waals surface area contributed by atoms with E-state index in [0.717, 1.165) is 26.7 Å². The van der Waals surface area contributed by atoms with E-state index in [0.29, 0.717) is 5.75 Å². The van der Waals surface area contributed by atoms with E-state index in [1.54, 1.807) is 35.9 Å². The number of anilines is 2. The summed E-state index contributed by atoms with van der Waals surface area (Å²) in [5.41, 5.74) is 2.32. The third kappa shape index (κ3) is 4.09. The smallest absolute Gasteiger partial charge is 0.331 e. The topological polar surface area (TPSA) is 55.8 Å². The molecule has 5 nitrogen and oxygen atoms in total. The summed E-state index contributed by atoms with van der Waals surface area (Å²) >= 11 is 1.61. The number of rotatable bonds is 5. The van der Waals surface area contributed by atoms with E-state index in [1.807, 2.05) is 66.7 Å². The van der Waals surface area contributed by atoms with Gasteiger partial charge in [0.15, 0.2) is 6.61 Å². The molecule has 1 heterocycles. The Morgan fingerprint density at radius 3 is 2.17 bits per heavy atom. The van der Waals surface area contributed by atoms with E-state index in [9.17, 15) is 9.59 Å². The monoisotopic (exact) mass is 417 g/mol. The van der Waals surface area contributed by atoms with Crippen molar-refractivity contribution in [2.45, 2.75) is 9.79 Å². The predicted octanol–water partition coefficient (Wildman–Crippen LogP) is 5.08. The first kappa shape index (κ1) is 19.8. The van der Waals surface area contributed by atoms with Gasteiger partial charge in [0, 0.05) is 21.4 Å². The third-order valence-electron chi connectivity index (χ3n) is 4.56. The fourth-order valence-electron chi connectivity index (χ4n) is 3.18. The molecule has 6 heteroatoms. The zero-order valence-corrected chi connectivity index (χ0v) is 17.1. The Morgan fingerprint density at radius 2 is 1.50 bits per heavy atom. The van der Waals surface area contributed by atoms with Crippen molar-refractivity contribution >= 4 is 41.1 Å². The molecule has 0 unspecified atom stereocenters. The fraction of sp³-hybridized carbons (Fsp3) is 0.0833. The molecule has 0 N–H and O–H groups in total. The average molecular weight is 417 g/mol. The number of hydrogen-bond donors (Lipinski definition) is 0. The number of esters is 1. The second kappa shape index (κ2) is 8.88. The normalized spacial score (nSPS) is 12.2. The van der Waals surface area contributed by atoms with Crippen LogP contribution in [-0.4, -0.2) is 25.6 Å². The first-order chi connectivity index (χ1) is 14.7. The highest BCUT2D eigenvalue weighted by molar-refractivity contribution is 7.99. The number of nitrogens with zero attached hydrogens (tertiary/aromatic N) is 1. The number of carbonyl (C=O) groups is 2. The van der Waals surface area contributed by atoms with Crippen LogP contribution in [0, 0.1) is 0 Å². The van der Waals surface area contributed by atoms with Crippen molar-refractivity contribution in [1.82, 2.24) is 0 Å². The van der Waals surface area contributed by atoms with Crippen LogP contribution >= 0.6 is 11.8 Å². The minimum atomic E-state index is -0.595. The number of carbonyl (C=O) groups excluding carboxylic acids is 2. The second-order valence-corrected chi connectivity index (χ2v) is 7.53. The van der Waals surface area contributed by atoms with Gasteiger partial charge in [-0.05, 0) is 36.4 Å². The van der Waals surface area contributed by atoms with Gasteiger partial charge in [0.2, 0.25) is 0 Å². The fourth-order valence-corrected chi connectivity index (χ4v) is 4.24. The highest BCUT2D eigenvalue weighted by atomic mass is 32.2. The van der Waals surface area contributed by atoms with E-state index in [1.165, 1.54) is 6.08 Å². The molecule has 0 fully saturated rings. The van der Waals surface area contributed by atoms with E-state index in [2.05, 4.69) is 0 Å². The number of fused-ring (bicyclic) bond motifs is 2. The van der Waals surface area contributed by atoms with Crippen LogP contribution in [0.25, 0.3) is 6.08 Å². The van der Waals surface area contributed by atoms with Crippen molar-refractivity contribution < 1.29 is 19.1 Å². The summed E-state index contributed by atoms with van der Waals surface area (Å²) < 4.78 is 10.5. The van der Waals surface area contributed by atoms with Gasteiger partial charge >= 0.3 is 5.97 Å². The van der Waals surface area contributed by atoms with E-state index in [-0.39, 0.29) is 12.5 Å². The summed E-state index contributed by atoms with van der Waals surface area (Å²) in [7, 11) is 1.57. The van der Waals surface area contributed by atoms with Crippen molar-refractivity contribution in [3.05, 3.63) is 84.4 Å². The molecule has 30 heavy (non-hydrogen) atoms. The Hall–Kier alpha value is -3.51. The van der Waals surface area contributed by atoms with Gasteiger partial charge in [-0.3, -0.25) is 9.69 Å². The zero-order valence-electron chi connectivity index (χ0n) is 16.3. The van der Waals surface area contributed by atoms with Crippen molar-refractivity contribution in [1.29, 1.82) is 0 Å². The summed E-state index contributed by atoms with van der Waals surface area (Å²) in [6.07, 6.45) is 2.90. The van der Waals surface area contributed by atoms with Crippen LogP contribution in [0.3, 0.4) is 0 Å². The Labute approximate surface area is 178 Å². The molecule has 0 radical (unpaired) electrons. The summed E-state index contributed by atoms with van der Waals surface area (Å²) in [5, 5.41) is 0. The van der Waals surface area contributed by atoms with Gasteiger partial charge in [-0.15, -0.1) is 0 Å². The second-order valence-electron chi connectivity index (χ2n) is 6.45. The predicted molar refractivity (Wildman–Crippen MR) is 117 cm³/mol. The molecule has 3 aromatic rings. The molecule has 0 bridgehead atoms. The van der Waals surface area contributed by atoms with Crippen molar-refractivity contribution in [3.63, 3.8) is 0 Å². The maximum absolute atomic E-state index is 13.0. The van der Waals surface area contributed by atoms with Crippen LogP contribution in [0.2, 0.25) is 0 Å². The van der Waals surface area contributed by atoms with Crippen LogP contribution in [0.15, 0.2) is 88.7 Å². The average Bonchev–Trinajstić information content (AvgIpc) is 2.79. The van der Waals surface area contributed by atoms with Gasteiger partial charge in [0.25, 0.3) is 5.91 Å². The molecule has 3 aromatic carbocycles. The molecular formula is C24H19NO4S. The lowest BCUT2D eigenvalue weighted by Gasteiger charge is -2.30. The molecule has 0 saturated heterocycles. The van der Waals surface area contributed by atoms with Gasteiger partial charge in [-0.2, -0.15) is 0 Å². The summed E-state index contributed by atoms with van der Waals surface area (Å²) in [6.45, 7) is -0.359. The maximum atomic E-state index is 13.0. The van der Waals surface area contributed by atoms with E-state index in [4.69, 9.17) is 9.47 Å². The SMILES string of the molecule is COc1ccccc1/C=C/C(=O)OCC(=O)N1c2ccccc2Sc2ccccc21. The van der Waals surface area contributed by atoms with Gasteiger partial charge in [0.1, 0.15) is 5.75 Å². The lowest BCUT2D eigenvalue weighted by Crippen LogP contribution is -2.32. The van der Waals surface area contributed by atoms with Crippen LogP contribution in [0.1, 0.15) is 5.56 Å². The zero-order chi connectivity index (χ0) is 20.9. The maximum Gasteiger partial charge on any atom is 0.331 e. The van der Waals surface area contributed by atoms with Gasteiger partial charge < -0.3 is 9.47 Å². The molecule has 0 spiro atoms. The van der Waals surface area contributed by atoms with Crippen molar-refractivity contribution in [2.24, 2.45) is 0 Å². The van der Waals surface area contributed by atoms with Crippen molar-refractivity contribution in [3.8, 4) is 5.75 Å². The highest BCUT2D eigenvalue weighted by Gasteiger charge is 2.28. The number of para-hydroxylation sites is 3. The Kier molecular flexibility index (Phi) is 5.86. The Morgan fingerprint density at radius 1 is 0.900 bits per heavy atom. The molecular weight excluding hydrogens is 398 g/mol. The van der Waals surface area contributed by atoms with Crippen LogP contribution < -0.4 is 9.64 Å². The standard InChI is InChI=1S/C24H19NO4S/c1-28-20-11-5-2-8-17(20)14-15-24(27)29-16-23(26)25-18-9-3-6-12-21(18)30-22-13-7-4-10-19(22)25/h2-15H,16H2,1H3/b15-14+. The number of amides is 1. The third-order valence-corrected chi connectivity index (χ3v) is 5.69. The molecule has 1 amide bonds. The van der Waals surface area contributed by atoms with Gasteiger partial charge in [-0.25, -0.2) is 4.79 Å². The Balaban J connectivity index is 1.48. The lowest BCUT2D eigenvalue weighted by atomic mass is 10.2. The first-order valence-corrected chi connectivity index (χ1v) is 10.2. The molecule has 150 valence electrons. The minimum Gasteiger partial charge on any atom is -0.496 e. The highest BCUT2D eigenvalue weighted by Crippen LogP contribution is 2.47. The molecule has 0 aromatic heterocycles. The molecule has 1 aliphatic rings. The number of ether oxygens (including phenoxy) is 2. The van der Waals surface area contributed by atoms with E-state index >= 15 is 0 Å². The Bertz CT molecular complexity index is 1080. The first-order valence-electron chi connectivity index (χ1n) is 9.34. The van der Waals surface area contributed by atoms with Crippen LogP contribution in [0.5, 0.6) is 5.75 Å². The number of benzene rings is 3. The minimum absolute atomic E-state index is 0.311. The lowest BCUT2D eigenvalue weighted by molar-refractivity contribution is -0.142. The largest absolute Gasteiger partial charge is 0.496 e. The number of methoxy groups -OCH3 is 1. The van der Waals surface area contributed by atoms with Gasteiger partial charge in [0.05, 0.1) is 18.5 Å². The van der Waals surface area contributed by atoms with Gasteiger partial charge in [-0.1, -0.05) is 54.2 Å². The summed E-state index contributed by atoms with van der Waals surface area (Å²) in [5.74, 6) is -0.256. The molecule has 0 aliphatic carbocycles. The van der Waals surface area contributed by atoms with Crippen molar-refractivity contribution in [2.75, 3.05) is 18.6 Å². The molecule has 4 rings (SSSR count). The molecule has 1 aliphatic heterocycles. The van der Waals surface area contributed by atoms with Crippen LogP contribution in [0.4, 0.5) is 11.4 Å².